The van der Waals surface area contributed by atoms with Gasteiger partial charge >= 0.3 is 6.03 Å². The number of hydrogen-bond acceptors (Lipinski definition) is 3. The maximum atomic E-state index is 14.3. The lowest BCUT2D eigenvalue weighted by Crippen LogP contribution is -2.40. The number of rotatable bonds is 2. The number of halogens is 1. The van der Waals surface area contributed by atoms with Gasteiger partial charge in [0.25, 0.3) is 10.0 Å². The summed E-state index contributed by atoms with van der Waals surface area (Å²) in [6.45, 7) is 1.76. The van der Waals surface area contributed by atoms with Gasteiger partial charge in [0.2, 0.25) is 0 Å². The average Bonchev–Trinajstić information content (AvgIpc) is 2.46. The van der Waals surface area contributed by atoms with E-state index in [4.69, 9.17) is 0 Å². The summed E-state index contributed by atoms with van der Waals surface area (Å²) < 4.78 is 40.2. The van der Waals surface area contributed by atoms with Crippen LogP contribution in [0.2, 0.25) is 0 Å². The van der Waals surface area contributed by atoms with Gasteiger partial charge < -0.3 is 5.32 Å². The molecule has 0 aliphatic carbocycles. The fourth-order valence-electron chi connectivity index (χ4n) is 2.57. The van der Waals surface area contributed by atoms with Crippen LogP contribution in [0.4, 0.5) is 14.9 Å². The third-order valence-corrected chi connectivity index (χ3v) is 5.02. The van der Waals surface area contributed by atoms with Crippen LogP contribution in [0.25, 0.3) is 0 Å². The van der Waals surface area contributed by atoms with Crippen molar-refractivity contribution in [3.05, 3.63) is 59.4 Å². The highest BCUT2D eigenvalue weighted by molar-refractivity contribution is 7.90. The Kier molecular flexibility index (Phi) is 3.37. The lowest BCUT2D eigenvalue weighted by molar-refractivity contribution is 0.256. The van der Waals surface area contributed by atoms with Gasteiger partial charge in [0, 0.05) is 11.5 Å². The van der Waals surface area contributed by atoms with E-state index in [1.165, 1.54) is 0 Å². The molecule has 0 saturated heterocycles. The normalized spacial score (nSPS) is 17.1. The fraction of sp³-hybridized carbons (Fsp3) is 0.133. The van der Waals surface area contributed by atoms with Gasteiger partial charge in [0.15, 0.2) is 0 Å². The monoisotopic (exact) mass is 320 g/mol. The number of amides is 2. The van der Waals surface area contributed by atoms with Crippen LogP contribution in [0.3, 0.4) is 0 Å². The second kappa shape index (κ2) is 5.10. The fourth-order valence-corrected chi connectivity index (χ4v) is 3.66. The number of urea groups is 1. The maximum Gasteiger partial charge on any atom is 0.333 e. The van der Waals surface area contributed by atoms with Crippen LogP contribution in [0.15, 0.2) is 47.4 Å². The van der Waals surface area contributed by atoms with Crippen molar-refractivity contribution in [1.29, 1.82) is 0 Å². The number of hydrogen-bond donors (Lipinski definition) is 2. The SMILES string of the molecule is C[C@H](c1ccccc1)c1c(F)ccc2c1NC(=O)NS2(=O)=O. The highest BCUT2D eigenvalue weighted by atomic mass is 32.2. The van der Waals surface area contributed by atoms with Gasteiger partial charge in [0.1, 0.15) is 10.7 Å². The molecule has 0 radical (unpaired) electrons. The summed E-state index contributed by atoms with van der Waals surface area (Å²) in [6.07, 6.45) is 0. The van der Waals surface area contributed by atoms with E-state index < -0.39 is 27.8 Å². The summed E-state index contributed by atoms with van der Waals surface area (Å²) in [5.41, 5.74) is 0.974. The minimum Gasteiger partial charge on any atom is -0.305 e. The number of sulfonamides is 1. The van der Waals surface area contributed by atoms with Gasteiger partial charge in [-0.3, -0.25) is 0 Å². The van der Waals surface area contributed by atoms with Crippen molar-refractivity contribution in [3.8, 4) is 0 Å². The second-order valence-corrected chi connectivity index (χ2v) is 6.68. The first-order valence-electron chi connectivity index (χ1n) is 6.61. The Balaban J connectivity index is 2.23. The van der Waals surface area contributed by atoms with E-state index in [-0.39, 0.29) is 16.1 Å². The first-order valence-corrected chi connectivity index (χ1v) is 8.09. The first kappa shape index (κ1) is 14.5. The highest BCUT2D eigenvalue weighted by Gasteiger charge is 2.32. The first-order chi connectivity index (χ1) is 10.4. The highest BCUT2D eigenvalue weighted by Crippen LogP contribution is 2.37. The van der Waals surface area contributed by atoms with Crippen LogP contribution in [-0.4, -0.2) is 14.4 Å². The molecule has 1 aliphatic heterocycles. The molecule has 114 valence electrons. The van der Waals surface area contributed by atoms with Crippen molar-refractivity contribution in [1.82, 2.24) is 4.72 Å². The van der Waals surface area contributed by atoms with Gasteiger partial charge in [-0.25, -0.2) is 22.3 Å². The van der Waals surface area contributed by atoms with Crippen LogP contribution in [0.1, 0.15) is 24.0 Å². The van der Waals surface area contributed by atoms with Crippen LogP contribution >= 0.6 is 0 Å². The van der Waals surface area contributed by atoms with Crippen molar-refractivity contribution in [2.24, 2.45) is 0 Å². The Morgan fingerprint density at radius 2 is 1.77 bits per heavy atom. The van der Waals surface area contributed by atoms with Crippen LogP contribution in [-0.2, 0) is 10.0 Å². The van der Waals surface area contributed by atoms with Crippen LogP contribution < -0.4 is 10.0 Å². The number of anilines is 1. The topological polar surface area (TPSA) is 75.3 Å². The molecule has 1 heterocycles. The Morgan fingerprint density at radius 1 is 1.09 bits per heavy atom. The molecule has 22 heavy (non-hydrogen) atoms. The Morgan fingerprint density at radius 3 is 2.45 bits per heavy atom. The lowest BCUT2D eigenvalue weighted by atomic mass is 9.91. The molecule has 1 atom stereocenters. The van der Waals surface area contributed by atoms with Gasteiger partial charge in [-0.1, -0.05) is 37.3 Å². The maximum absolute atomic E-state index is 14.3. The van der Waals surface area contributed by atoms with Gasteiger partial charge in [-0.15, -0.1) is 0 Å². The molecule has 0 bridgehead atoms. The minimum absolute atomic E-state index is 0.0000954. The van der Waals surface area contributed by atoms with Crippen LogP contribution in [0.5, 0.6) is 0 Å². The van der Waals surface area contributed by atoms with E-state index >= 15 is 0 Å². The molecule has 5 nitrogen and oxygen atoms in total. The summed E-state index contributed by atoms with van der Waals surface area (Å²) >= 11 is 0. The van der Waals surface area contributed by atoms with E-state index in [2.05, 4.69) is 5.32 Å². The molecule has 2 aromatic rings. The molecular weight excluding hydrogens is 307 g/mol. The van der Waals surface area contributed by atoms with Crippen molar-refractivity contribution in [2.45, 2.75) is 17.7 Å². The Bertz CT molecular complexity index is 851. The molecule has 1 aliphatic rings. The quantitative estimate of drug-likeness (QED) is 0.893. The molecule has 7 heteroatoms. The zero-order valence-electron chi connectivity index (χ0n) is 11.6. The predicted molar refractivity (Wildman–Crippen MR) is 79.7 cm³/mol. The summed E-state index contributed by atoms with van der Waals surface area (Å²) in [5.74, 6) is -0.975. The largest absolute Gasteiger partial charge is 0.333 e. The summed E-state index contributed by atoms with van der Waals surface area (Å²) in [7, 11) is -3.97. The molecule has 0 saturated carbocycles. The number of nitrogens with one attached hydrogen (secondary N) is 2. The van der Waals surface area contributed by atoms with E-state index in [9.17, 15) is 17.6 Å². The average molecular weight is 320 g/mol. The number of carbonyl (C=O) groups is 1. The number of fused-ring (bicyclic) bond motifs is 1. The van der Waals surface area contributed by atoms with Crippen molar-refractivity contribution < 1.29 is 17.6 Å². The third kappa shape index (κ3) is 2.33. The molecule has 0 spiro atoms. The molecule has 0 unspecified atom stereocenters. The standard InChI is InChI=1S/C15H13FN2O3S/c1-9(10-5-3-2-4-6-10)13-11(16)7-8-12-14(13)17-15(19)18-22(12,20)21/h2-9H,1H3,(H2,17,18,19)/t9-/m1/s1. The van der Waals surface area contributed by atoms with Gasteiger partial charge in [-0.2, -0.15) is 0 Å². The summed E-state index contributed by atoms with van der Waals surface area (Å²) in [4.78, 5) is 11.4. The van der Waals surface area contributed by atoms with E-state index in [1.807, 2.05) is 35.1 Å². The van der Waals surface area contributed by atoms with E-state index in [1.54, 1.807) is 6.92 Å². The Hall–Kier alpha value is -2.41. The van der Waals surface area contributed by atoms with Crippen molar-refractivity contribution >= 4 is 21.7 Å². The zero-order chi connectivity index (χ0) is 15.9. The molecule has 0 fully saturated rings. The van der Waals surface area contributed by atoms with E-state index in [0.29, 0.717) is 0 Å². The van der Waals surface area contributed by atoms with E-state index in [0.717, 1.165) is 17.7 Å². The number of benzene rings is 2. The molecule has 2 amide bonds. The second-order valence-electron chi connectivity index (χ2n) is 5.03. The Labute approximate surface area is 127 Å². The zero-order valence-corrected chi connectivity index (χ0v) is 12.4. The molecule has 3 rings (SSSR count). The number of carbonyl (C=O) groups excluding carboxylic acids is 1. The van der Waals surface area contributed by atoms with Crippen molar-refractivity contribution in [3.63, 3.8) is 0 Å². The third-order valence-electron chi connectivity index (χ3n) is 3.64. The minimum atomic E-state index is -3.97. The smallest absolute Gasteiger partial charge is 0.305 e. The lowest BCUT2D eigenvalue weighted by Gasteiger charge is -2.24. The van der Waals surface area contributed by atoms with Gasteiger partial charge in [-0.05, 0) is 17.7 Å². The summed E-state index contributed by atoms with van der Waals surface area (Å²) in [6, 6.07) is 10.5. The van der Waals surface area contributed by atoms with Gasteiger partial charge in [0.05, 0.1) is 5.69 Å². The molecule has 2 N–H and O–H groups in total. The molecule has 2 aromatic carbocycles. The predicted octanol–water partition coefficient (Wildman–Crippen LogP) is 2.80. The van der Waals surface area contributed by atoms with Crippen molar-refractivity contribution in [2.75, 3.05) is 5.32 Å². The van der Waals surface area contributed by atoms with Crippen LogP contribution in [0, 0.1) is 5.82 Å². The molecule has 0 aromatic heterocycles. The summed E-state index contributed by atoms with van der Waals surface area (Å²) in [5, 5.41) is 2.41. The molecular formula is C15H13FN2O3S.